The Labute approximate surface area is 804 Å². The van der Waals surface area contributed by atoms with E-state index in [0.717, 1.165) is 57.1 Å². The molecule has 45 nitrogen and oxygen atoms in total. The predicted octanol–water partition coefficient (Wildman–Crippen LogP) is -3.29. The topological polar surface area (TPSA) is 657 Å². The van der Waals surface area contributed by atoms with Crippen molar-refractivity contribution in [3.8, 4) is 11.8 Å². The Morgan fingerprint density at radius 3 is 1.81 bits per heavy atom. The number of primary amides is 1. The molecule has 48 heteroatoms. The van der Waals surface area contributed by atoms with Gasteiger partial charge in [-0.15, -0.1) is 23.5 Å². The van der Waals surface area contributed by atoms with Crippen LogP contribution in [-0.2, 0) is 113 Å². The first-order valence-electron chi connectivity index (χ1n) is 45.5. The van der Waals surface area contributed by atoms with Gasteiger partial charge in [0, 0.05) is 99.6 Å². The molecule has 5 unspecified atom stereocenters. The second-order valence-electron chi connectivity index (χ2n) is 33.4. The van der Waals surface area contributed by atoms with Crippen LogP contribution in [0.25, 0.3) is 0 Å². The van der Waals surface area contributed by atoms with Gasteiger partial charge in [-0.1, -0.05) is 94.8 Å². The highest BCUT2D eigenvalue weighted by Gasteiger charge is 2.62. The molecule has 20 N–H and O–H groups in total. The van der Waals surface area contributed by atoms with Crippen molar-refractivity contribution in [2.24, 2.45) is 11.7 Å². The lowest BCUT2D eigenvalue weighted by Crippen LogP contribution is -2.72. The lowest BCUT2D eigenvalue weighted by molar-refractivity contribution is -0.346. The second kappa shape index (κ2) is 57.2. The first kappa shape index (κ1) is 113. The fourth-order valence-electron chi connectivity index (χ4n) is 15.1. The quantitative estimate of drug-likeness (QED) is 0.0114. The molecule has 3 aromatic carbocycles. The number of carbonyl (C=O) groups excluding carboxylic acids is 13. The molecule has 0 aliphatic carbocycles. The van der Waals surface area contributed by atoms with E-state index in [1.807, 2.05) is 48.5 Å². The Kier molecular flexibility index (Phi) is 47.0. The first-order valence-corrected chi connectivity index (χ1v) is 47.6. The maximum atomic E-state index is 15.3. The number of hydrogen-bond donors (Lipinski definition) is 19. The highest BCUT2D eigenvalue weighted by Crippen LogP contribution is 2.38. The van der Waals surface area contributed by atoms with Crippen molar-refractivity contribution in [2.75, 3.05) is 121 Å². The normalized spacial score (nSPS) is 25.4. The molecule has 0 aromatic heterocycles. The van der Waals surface area contributed by atoms with E-state index in [4.69, 9.17) is 48.4 Å². The summed E-state index contributed by atoms with van der Waals surface area (Å²) in [5, 5.41) is 133. The molecule has 13 amide bonds. The van der Waals surface area contributed by atoms with E-state index >= 15 is 4.39 Å². The number of alkyl halides is 1. The summed E-state index contributed by atoms with van der Waals surface area (Å²) in [6.07, 6.45) is -30.1. The van der Waals surface area contributed by atoms with Crippen LogP contribution in [0, 0.1) is 17.8 Å². The van der Waals surface area contributed by atoms with Gasteiger partial charge in [0.05, 0.1) is 108 Å². The fraction of sp³-hybridized carbons (Fsp3) is 0.633. The summed E-state index contributed by atoms with van der Waals surface area (Å²) in [6, 6.07) is 15.3. The number of carbonyl (C=O) groups is 13. The van der Waals surface area contributed by atoms with Gasteiger partial charge in [-0.25, -0.2) is 18.8 Å². The van der Waals surface area contributed by atoms with Gasteiger partial charge in [-0.2, -0.15) is 0 Å². The van der Waals surface area contributed by atoms with Crippen molar-refractivity contribution in [3.63, 3.8) is 0 Å². The van der Waals surface area contributed by atoms with E-state index < -0.39 is 211 Å². The molecule has 6 heterocycles. The molecule has 0 spiro atoms. The summed E-state index contributed by atoms with van der Waals surface area (Å²) in [7, 11) is 0.756. The number of nitrogens with two attached hydrogens (primary N) is 1. The predicted molar refractivity (Wildman–Crippen MR) is 487 cm³/mol. The van der Waals surface area contributed by atoms with Crippen LogP contribution >= 0.6 is 23.5 Å². The zero-order valence-corrected chi connectivity index (χ0v) is 78.8. The minimum atomic E-state index is -3.51. The molecule has 6 aliphatic heterocycles. The number of thioether (sulfide) groups is 2. The van der Waals surface area contributed by atoms with Crippen LogP contribution in [0.4, 0.5) is 25.4 Å². The summed E-state index contributed by atoms with van der Waals surface area (Å²) >= 11 is 1.77. The lowest BCUT2D eigenvalue weighted by Gasteiger charge is -2.46. The Morgan fingerprint density at radius 1 is 0.623 bits per heavy atom. The van der Waals surface area contributed by atoms with Gasteiger partial charge in [0.25, 0.3) is 0 Å². The summed E-state index contributed by atoms with van der Waals surface area (Å²) < 4.78 is 69.5. The van der Waals surface area contributed by atoms with Gasteiger partial charge in [-0.05, 0) is 73.1 Å². The molecule has 0 radical (unpaired) electrons. The lowest BCUT2D eigenvalue weighted by atomic mass is 9.87. The Hall–Kier alpha value is -9.80. The van der Waals surface area contributed by atoms with Gasteiger partial charge in [0.2, 0.25) is 59.1 Å². The average Bonchev–Trinajstić information content (AvgIpc) is 0.810. The summed E-state index contributed by atoms with van der Waals surface area (Å²) in [6.45, 7) is 8.22. The number of nitrogens with zero attached hydrogens (tertiary/aromatic N) is 3. The third-order valence-corrected chi connectivity index (χ3v) is 25.2. The number of esters is 1. The molecule has 3 aromatic rings. The van der Waals surface area contributed by atoms with Gasteiger partial charge < -0.3 is 151 Å². The first-order chi connectivity index (χ1) is 65.9. The molecule has 5 fully saturated rings. The minimum absolute atomic E-state index is 0.00309. The molecule has 9 rings (SSSR count). The van der Waals surface area contributed by atoms with E-state index in [9.17, 15) is 119 Å². The van der Waals surface area contributed by atoms with Crippen molar-refractivity contribution < 1.29 is 170 Å². The van der Waals surface area contributed by atoms with E-state index in [2.05, 4.69) is 67.6 Å². The summed E-state index contributed by atoms with van der Waals surface area (Å²) in [5.41, 5.74) is 8.86. The van der Waals surface area contributed by atoms with Gasteiger partial charge >= 0.3 is 23.9 Å². The smallest absolute Gasteiger partial charge is 0.407 e. The number of unbranched alkanes of at least 4 members (excludes halogenated alkanes) is 2. The SMILES string of the molecule is CCC.COC(=O)C1(O)O[C@@H]([C@H](O)[C@H](O)CO)[C@H](NC(=O)OCc2ccc(NC(=O)C(CCCNC(N)=O)NC(=O)C(NC(=O)CCCCCN3C(=O)CC(SC[C@H]4O[C@@H](O)[C@H](O)[C@@H](O)[C@@H]4O[C@@H]4O[C@H](CSC5CC(=O)N(CCC(=O)NCCOCCOCCOCCOCCNC(=O)CCC(=O)N6Cc7ccccc7C#Cc7ccccc76)C5=O)[C@@H](O)[C@H](O)[C@H]4O)C3=O)C(C)C)cc2)[C@@H](O)[C@H]1F. The number of ether oxygens (including phenoxy) is 10. The molecule has 5 saturated heterocycles. The van der Waals surface area contributed by atoms with E-state index in [1.165, 1.54) is 30.7 Å². The van der Waals surface area contributed by atoms with Crippen molar-refractivity contribution in [1.29, 1.82) is 0 Å². The third kappa shape index (κ3) is 33.4. The number of rotatable bonds is 52. The minimum Gasteiger partial charge on any atom is -0.465 e. The average molecular weight is 1990 g/mol. The molecular formula is C90H128FN11O34S2. The van der Waals surface area contributed by atoms with Crippen LogP contribution < -0.4 is 47.9 Å². The number of hydrogen-bond acceptors (Lipinski definition) is 36. The van der Waals surface area contributed by atoms with Gasteiger partial charge in [-0.3, -0.25) is 57.7 Å². The number of para-hydroxylation sites is 1. The van der Waals surface area contributed by atoms with Crippen LogP contribution in [0.5, 0.6) is 0 Å². The molecule has 138 heavy (non-hydrogen) atoms. The fourth-order valence-corrected chi connectivity index (χ4v) is 17.5. The van der Waals surface area contributed by atoms with Crippen LogP contribution in [0.1, 0.15) is 127 Å². The largest absolute Gasteiger partial charge is 0.465 e. The number of amides is 13. The van der Waals surface area contributed by atoms with Crippen LogP contribution in [-0.4, -0.2) is 380 Å². The van der Waals surface area contributed by atoms with Gasteiger partial charge in [0.1, 0.15) is 79.7 Å². The second-order valence-corrected chi connectivity index (χ2v) is 35.9. The number of anilines is 2. The Morgan fingerprint density at radius 2 is 1.20 bits per heavy atom. The number of nitrogens with one attached hydrogen (secondary N) is 7. The molecule has 766 valence electrons. The molecule has 6 aliphatic rings. The van der Waals surface area contributed by atoms with Crippen LogP contribution in [0.15, 0.2) is 72.8 Å². The zero-order chi connectivity index (χ0) is 101. The number of likely N-dealkylation sites (tertiary alicyclic amines) is 2. The molecule has 0 bridgehead atoms. The number of fused-ring (bicyclic) bond motifs is 2. The molecule has 21 atom stereocenters. The van der Waals surface area contributed by atoms with Crippen LogP contribution in [0.3, 0.4) is 0 Å². The maximum Gasteiger partial charge on any atom is 0.407 e. The number of methoxy groups -OCH3 is 1. The standard InChI is InChI=1S/C87H120FN11O34S2.C3H8/c1-47(2)66(79(116)94-53(15-11-27-92-85(89)121)78(115)93-52-22-18-48(19-23-52)44-129-86(122)96-67-70(110)77(88)87(123,84(120)124-3)133-76(67)68(108)55(101)43-100)95-62(104)17-5-4-10-30-97-64(106)40-58(80(97)117)135-46-57-75(72(112)73(113)82(119)130-57)132-83-74(114)71(111)69(109)56(131-83)45-134-59-41-65(107)98(81(59)118)31-26-61(103)91-29-33-126-35-37-128-39-38-127-36-34-125-32-28-90-60(102)24-25-63(105)99-42-51-14-7-6-12-49(51)20-21-50-13-8-9-16-54(50)99;1-3-2/h6-9,12-14,16,18-19,22-23,47,53,55-59,66-77,82-83,100-101,108-114,119,123H,4-5,10-11,15,17,24-46H2,1-3H3,(H,90,102)(H,91,103)(H,93,115)(H,94,116)(H,95,104)(H,96,122)(H3,89,92,121);3H2,1-2H3/t53?,55-,56-,57-,58?,59?,66?,67-,68-,69-,70-,71+,72-,73-,74-,75-,76-,77-,82-,83+,87?;/m1./s1. The monoisotopic (exact) mass is 1990 g/mol. The van der Waals surface area contributed by atoms with E-state index in [-0.39, 0.29) is 184 Å². The Bertz CT molecular complexity index is 4590. The third-order valence-electron chi connectivity index (χ3n) is 22.6. The van der Waals surface area contributed by atoms with Crippen molar-refractivity contribution >= 4 is 112 Å². The molecule has 0 saturated carbocycles. The van der Waals surface area contributed by atoms with Gasteiger partial charge in [0.15, 0.2) is 18.8 Å². The number of alkyl carbamates (subject to hydrolysis) is 1. The molecular weight excluding hydrogens is 1860 g/mol. The zero-order valence-electron chi connectivity index (χ0n) is 77.2. The number of halogens is 1. The number of urea groups is 1. The highest BCUT2D eigenvalue weighted by molar-refractivity contribution is 8.01. The summed E-state index contributed by atoms with van der Waals surface area (Å²) in [5.74, 6) is -5.34. The van der Waals surface area contributed by atoms with Crippen LogP contribution in [0.2, 0.25) is 0 Å². The van der Waals surface area contributed by atoms with Crippen molar-refractivity contribution in [2.45, 2.75) is 244 Å². The van der Waals surface area contributed by atoms with Crippen molar-refractivity contribution in [3.05, 3.63) is 95.1 Å². The van der Waals surface area contributed by atoms with E-state index in [1.54, 1.807) is 18.7 Å². The Balaban J connectivity index is 0.00000768. The number of imide groups is 2. The number of aliphatic hydroxyl groups is 11. The van der Waals surface area contributed by atoms with Crippen molar-refractivity contribution in [1.82, 2.24) is 41.7 Å². The maximum absolute atomic E-state index is 15.3. The van der Waals surface area contributed by atoms with E-state index in [0.29, 0.717) is 18.7 Å². The number of benzene rings is 3. The number of aliphatic hydroxyl groups excluding tert-OH is 10. The summed E-state index contributed by atoms with van der Waals surface area (Å²) in [4.78, 5) is 174. The highest BCUT2D eigenvalue weighted by atomic mass is 32.2.